The summed E-state index contributed by atoms with van der Waals surface area (Å²) in [5.74, 6) is -0.631. The number of benzene rings is 1. The molecule has 0 heterocycles. The smallest absolute Gasteiger partial charge is 0.242 e. The standard InChI is InChI=1S/C10H11BrN2O3S/c11-7-3-1-2-4-8(7)17(15,16)13-10(5-6-10)9(12)14/h1-4,13H,5-6H2,(H2,12,14). The van der Waals surface area contributed by atoms with E-state index in [0.717, 1.165) is 0 Å². The summed E-state index contributed by atoms with van der Waals surface area (Å²) < 4.78 is 26.9. The van der Waals surface area contributed by atoms with E-state index in [2.05, 4.69) is 20.7 Å². The first-order valence-corrected chi connectivity index (χ1v) is 7.23. The van der Waals surface area contributed by atoms with E-state index in [0.29, 0.717) is 17.3 Å². The molecule has 17 heavy (non-hydrogen) atoms. The van der Waals surface area contributed by atoms with Gasteiger partial charge < -0.3 is 5.73 Å². The summed E-state index contributed by atoms with van der Waals surface area (Å²) in [4.78, 5) is 11.3. The Hall–Kier alpha value is -0.920. The molecule has 0 spiro atoms. The van der Waals surface area contributed by atoms with Crippen LogP contribution in [0.1, 0.15) is 12.8 Å². The summed E-state index contributed by atoms with van der Waals surface area (Å²) in [6, 6.07) is 6.41. The van der Waals surface area contributed by atoms with Gasteiger partial charge in [-0.05, 0) is 40.9 Å². The average molecular weight is 319 g/mol. The minimum absolute atomic E-state index is 0.104. The number of hydrogen-bond acceptors (Lipinski definition) is 3. The Balaban J connectivity index is 2.33. The molecule has 1 aromatic rings. The molecular weight excluding hydrogens is 308 g/mol. The van der Waals surface area contributed by atoms with Gasteiger partial charge in [0.25, 0.3) is 0 Å². The Labute approximate surface area is 108 Å². The molecular formula is C10H11BrN2O3S. The van der Waals surface area contributed by atoms with Gasteiger partial charge in [0.2, 0.25) is 15.9 Å². The molecule has 7 heteroatoms. The first kappa shape index (κ1) is 12.5. The third-order valence-electron chi connectivity index (χ3n) is 2.68. The van der Waals surface area contributed by atoms with Crippen molar-refractivity contribution in [1.82, 2.24) is 4.72 Å². The molecule has 92 valence electrons. The number of carbonyl (C=O) groups is 1. The van der Waals surface area contributed by atoms with Gasteiger partial charge in [-0.15, -0.1) is 0 Å². The summed E-state index contributed by atoms with van der Waals surface area (Å²) in [6.45, 7) is 0. The Bertz CT molecular complexity index is 567. The van der Waals surface area contributed by atoms with Crippen LogP contribution in [-0.4, -0.2) is 19.9 Å². The van der Waals surface area contributed by atoms with E-state index in [1.807, 2.05) is 0 Å². The Morgan fingerprint density at radius 3 is 2.41 bits per heavy atom. The molecule has 1 amide bonds. The van der Waals surface area contributed by atoms with Crippen LogP contribution in [0.25, 0.3) is 0 Å². The van der Waals surface area contributed by atoms with Crippen molar-refractivity contribution in [3.63, 3.8) is 0 Å². The number of amides is 1. The predicted octanol–water partition coefficient (Wildman–Crippen LogP) is 0.745. The largest absolute Gasteiger partial charge is 0.368 e. The normalized spacial score (nSPS) is 17.7. The number of hydrogen-bond donors (Lipinski definition) is 2. The first-order valence-electron chi connectivity index (χ1n) is 4.96. The summed E-state index contributed by atoms with van der Waals surface area (Å²) >= 11 is 3.16. The highest BCUT2D eigenvalue weighted by atomic mass is 79.9. The van der Waals surface area contributed by atoms with E-state index < -0.39 is 21.5 Å². The second-order valence-electron chi connectivity index (χ2n) is 3.98. The maximum atomic E-state index is 12.1. The molecule has 0 bridgehead atoms. The van der Waals surface area contributed by atoms with E-state index in [9.17, 15) is 13.2 Å². The molecule has 0 aromatic heterocycles. The zero-order valence-corrected chi connectivity index (χ0v) is 11.2. The van der Waals surface area contributed by atoms with Crippen LogP contribution in [-0.2, 0) is 14.8 Å². The molecule has 0 radical (unpaired) electrons. The number of rotatable bonds is 4. The van der Waals surface area contributed by atoms with Crippen molar-refractivity contribution in [3.8, 4) is 0 Å². The maximum Gasteiger partial charge on any atom is 0.242 e. The SMILES string of the molecule is NC(=O)C1(NS(=O)(=O)c2ccccc2Br)CC1. The van der Waals surface area contributed by atoms with Crippen molar-refractivity contribution in [2.24, 2.45) is 5.73 Å². The van der Waals surface area contributed by atoms with Crippen LogP contribution in [0.15, 0.2) is 33.6 Å². The van der Waals surface area contributed by atoms with Crippen LogP contribution in [0.5, 0.6) is 0 Å². The molecule has 1 aromatic carbocycles. The zero-order valence-electron chi connectivity index (χ0n) is 8.81. The monoisotopic (exact) mass is 318 g/mol. The van der Waals surface area contributed by atoms with Crippen LogP contribution in [0.3, 0.4) is 0 Å². The second-order valence-corrected chi connectivity index (χ2v) is 6.49. The molecule has 1 fully saturated rings. The molecule has 0 atom stereocenters. The van der Waals surface area contributed by atoms with E-state index in [1.54, 1.807) is 18.2 Å². The summed E-state index contributed by atoms with van der Waals surface area (Å²) in [6.07, 6.45) is 0.901. The van der Waals surface area contributed by atoms with Crippen LogP contribution in [0, 0.1) is 0 Å². The van der Waals surface area contributed by atoms with Crippen molar-refractivity contribution in [3.05, 3.63) is 28.7 Å². The topological polar surface area (TPSA) is 89.3 Å². The molecule has 1 aliphatic carbocycles. The van der Waals surface area contributed by atoms with Crippen molar-refractivity contribution in [2.45, 2.75) is 23.3 Å². The predicted molar refractivity (Wildman–Crippen MR) is 65.6 cm³/mol. The number of primary amides is 1. The second kappa shape index (κ2) is 4.08. The fourth-order valence-corrected chi connectivity index (χ4v) is 3.93. The Morgan fingerprint density at radius 1 is 1.35 bits per heavy atom. The summed E-state index contributed by atoms with van der Waals surface area (Å²) in [5, 5.41) is 0. The van der Waals surface area contributed by atoms with Crippen LogP contribution < -0.4 is 10.5 Å². The first-order chi connectivity index (χ1) is 7.87. The van der Waals surface area contributed by atoms with Gasteiger partial charge in [-0.1, -0.05) is 12.1 Å². The molecule has 0 aliphatic heterocycles. The molecule has 5 nitrogen and oxygen atoms in total. The lowest BCUT2D eigenvalue weighted by molar-refractivity contribution is -0.120. The van der Waals surface area contributed by atoms with Gasteiger partial charge in [-0.3, -0.25) is 4.79 Å². The molecule has 1 aliphatic rings. The highest BCUT2D eigenvalue weighted by Gasteiger charge is 2.51. The van der Waals surface area contributed by atoms with Gasteiger partial charge in [0.15, 0.2) is 0 Å². The van der Waals surface area contributed by atoms with E-state index in [-0.39, 0.29) is 4.90 Å². The van der Waals surface area contributed by atoms with Crippen LogP contribution in [0.2, 0.25) is 0 Å². The number of carbonyl (C=O) groups excluding carboxylic acids is 1. The van der Waals surface area contributed by atoms with Gasteiger partial charge >= 0.3 is 0 Å². The fraction of sp³-hybridized carbons (Fsp3) is 0.300. The van der Waals surface area contributed by atoms with Crippen molar-refractivity contribution in [2.75, 3.05) is 0 Å². The molecule has 0 saturated heterocycles. The summed E-state index contributed by atoms with van der Waals surface area (Å²) in [7, 11) is -3.73. The van der Waals surface area contributed by atoms with Crippen molar-refractivity contribution >= 4 is 31.9 Å². The van der Waals surface area contributed by atoms with Crippen molar-refractivity contribution in [1.29, 1.82) is 0 Å². The molecule has 2 rings (SSSR count). The quantitative estimate of drug-likeness (QED) is 0.858. The fourth-order valence-electron chi connectivity index (χ4n) is 1.50. The lowest BCUT2D eigenvalue weighted by atomic mass is 10.3. The van der Waals surface area contributed by atoms with E-state index in [1.165, 1.54) is 6.07 Å². The average Bonchev–Trinajstić information content (AvgIpc) is 2.98. The highest BCUT2D eigenvalue weighted by Crippen LogP contribution is 2.37. The van der Waals surface area contributed by atoms with Gasteiger partial charge in [0.1, 0.15) is 5.54 Å². The maximum absolute atomic E-state index is 12.1. The number of halogens is 1. The minimum Gasteiger partial charge on any atom is -0.368 e. The Kier molecular flexibility index (Phi) is 3.01. The van der Waals surface area contributed by atoms with Crippen LogP contribution in [0.4, 0.5) is 0 Å². The number of nitrogens with one attached hydrogen (secondary N) is 1. The molecule has 0 unspecified atom stereocenters. The van der Waals surface area contributed by atoms with Gasteiger partial charge in [0.05, 0.1) is 4.90 Å². The minimum atomic E-state index is -3.73. The molecule has 3 N–H and O–H groups in total. The van der Waals surface area contributed by atoms with Gasteiger partial charge in [-0.2, -0.15) is 4.72 Å². The van der Waals surface area contributed by atoms with E-state index in [4.69, 9.17) is 5.73 Å². The highest BCUT2D eigenvalue weighted by molar-refractivity contribution is 9.10. The lowest BCUT2D eigenvalue weighted by Gasteiger charge is -2.14. The van der Waals surface area contributed by atoms with Gasteiger partial charge in [0, 0.05) is 4.47 Å². The van der Waals surface area contributed by atoms with Gasteiger partial charge in [-0.25, -0.2) is 8.42 Å². The summed E-state index contributed by atoms with van der Waals surface area (Å²) in [5.41, 5.74) is 4.09. The third kappa shape index (κ3) is 2.36. The van der Waals surface area contributed by atoms with Crippen LogP contribution >= 0.6 is 15.9 Å². The molecule has 1 saturated carbocycles. The number of sulfonamides is 1. The zero-order chi connectivity index (χ0) is 12.7. The number of nitrogens with two attached hydrogens (primary N) is 1. The Morgan fingerprint density at radius 2 is 1.94 bits per heavy atom. The van der Waals surface area contributed by atoms with E-state index >= 15 is 0 Å². The third-order valence-corrected chi connectivity index (χ3v) is 5.23. The van der Waals surface area contributed by atoms with Crippen molar-refractivity contribution < 1.29 is 13.2 Å². The lowest BCUT2D eigenvalue weighted by Crippen LogP contribution is -2.46.